The SMILES string of the molecule is CCOc1ccccc1-c1ccc(NC(=O)C2=C(C(=O)O)CCC2)cc1. The van der Waals surface area contributed by atoms with Gasteiger partial charge in [-0.15, -0.1) is 0 Å². The van der Waals surface area contributed by atoms with Crippen molar-refractivity contribution in [3.63, 3.8) is 0 Å². The van der Waals surface area contributed by atoms with E-state index in [2.05, 4.69) is 5.32 Å². The van der Waals surface area contributed by atoms with Crippen LogP contribution in [0.1, 0.15) is 26.2 Å². The standard InChI is InChI=1S/C21H21NO4/c1-2-26-19-9-4-3-6-16(19)14-10-12-15(13-11-14)22-20(23)17-7-5-8-18(17)21(24)25/h3-4,6,9-13H,2,5,7-8H2,1H3,(H,22,23)(H,24,25). The molecule has 0 saturated heterocycles. The maximum atomic E-state index is 12.4. The number of hydrogen-bond donors (Lipinski definition) is 2. The molecule has 2 aromatic carbocycles. The molecule has 2 aromatic rings. The van der Waals surface area contributed by atoms with E-state index in [-0.39, 0.29) is 11.5 Å². The highest BCUT2D eigenvalue weighted by molar-refractivity contribution is 6.09. The van der Waals surface area contributed by atoms with Gasteiger partial charge in [0, 0.05) is 22.4 Å². The molecule has 0 saturated carbocycles. The van der Waals surface area contributed by atoms with Crippen LogP contribution in [0.3, 0.4) is 0 Å². The van der Waals surface area contributed by atoms with Gasteiger partial charge in [0.15, 0.2) is 0 Å². The Bertz CT molecular complexity index is 853. The van der Waals surface area contributed by atoms with Crippen LogP contribution in [-0.2, 0) is 9.59 Å². The van der Waals surface area contributed by atoms with Gasteiger partial charge in [0.2, 0.25) is 0 Å². The molecule has 0 heterocycles. The van der Waals surface area contributed by atoms with Gasteiger partial charge in [-0.1, -0.05) is 30.3 Å². The summed E-state index contributed by atoms with van der Waals surface area (Å²) in [5.74, 6) is -0.521. The summed E-state index contributed by atoms with van der Waals surface area (Å²) in [5.41, 5.74) is 3.21. The topological polar surface area (TPSA) is 75.6 Å². The van der Waals surface area contributed by atoms with Gasteiger partial charge in [0.25, 0.3) is 5.91 Å². The number of aliphatic carboxylic acids is 1. The molecule has 0 unspecified atom stereocenters. The van der Waals surface area contributed by atoms with Gasteiger partial charge in [-0.2, -0.15) is 0 Å². The van der Waals surface area contributed by atoms with Crippen LogP contribution >= 0.6 is 0 Å². The summed E-state index contributed by atoms with van der Waals surface area (Å²) in [5, 5.41) is 12.0. The van der Waals surface area contributed by atoms with E-state index >= 15 is 0 Å². The first-order chi connectivity index (χ1) is 12.6. The molecule has 2 N–H and O–H groups in total. The number of para-hydroxylation sites is 1. The van der Waals surface area contributed by atoms with Crippen LogP contribution in [0.5, 0.6) is 5.75 Å². The third-order valence-electron chi connectivity index (χ3n) is 4.39. The second-order valence-electron chi connectivity index (χ2n) is 6.08. The molecule has 1 aliphatic carbocycles. The zero-order valence-corrected chi connectivity index (χ0v) is 14.6. The Kier molecular flexibility index (Phi) is 5.37. The number of benzene rings is 2. The maximum Gasteiger partial charge on any atom is 0.332 e. The molecule has 134 valence electrons. The number of ether oxygens (including phenoxy) is 1. The second-order valence-corrected chi connectivity index (χ2v) is 6.08. The molecule has 0 aromatic heterocycles. The van der Waals surface area contributed by atoms with Crippen molar-refractivity contribution in [2.45, 2.75) is 26.2 Å². The largest absolute Gasteiger partial charge is 0.493 e. The molecule has 0 aliphatic heterocycles. The van der Waals surface area contributed by atoms with Crippen molar-refractivity contribution >= 4 is 17.6 Å². The lowest BCUT2D eigenvalue weighted by atomic mass is 10.0. The maximum absolute atomic E-state index is 12.4. The van der Waals surface area contributed by atoms with Gasteiger partial charge in [0.05, 0.1) is 6.61 Å². The number of carboxylic acid groups (broad SMARTS) is 1. The first kappa shape index (κ1) is 17.7. The molecule has 0 radical (unpaired) electrons. The molecular formula is C21H21NO4. The predicted molar refractivity (Wildman–Crippen MR) is 100 cm³/mol. The van der Waals surface area contributed by atoms with E-state index in [0.717, 1.165) is 16.9 Å². The van der Waals surface area contributed by atoms with Gasteiger partial charge in [-0.25, -0.2) is 4.79 Å². The smallest absolute Gasteiger partial charge is 0.332 e. The Balaban J connectivity index is 1.78. The zero-order valence-electron chi connectivity index (χ0n) is 14.6. The van der Waals surface area contributed by atoms with Gasteiger partial charge < -0.3 is 15.2 Å². The summed E-state index contributed by atoms with van der Waals surface area (Å²) in [4.78, 5) is 23.6. The van der Waals surface area contributed by atoms with Gasteiger partial charge in [-0.05, 0) is 49.9 Å². The minimum absolute atomic E-state index is 0.227. The number of nitrogens with one attached hydrogen (secondary N) is 1. The number of anilines is 1. The van der Waals surface area contributed by atoms with E-state index in [1.54, 1.807) is 0 Å². The van der Waals surface area contributed by atoms with Crippen molar-refractivity contribution in [2.75, 3.05) is 11.9 Å². The molecule has 3 rings (SSSR count). The molecule has 5 nitrogen and oxygen atoms in total. The number of amides is 1. The lowest BCUT2D eigenvalue weighted by molar-refractivity contribution is -0.133. The Morgan fingerprint density at radius 2 is 1.73 bits per heavy atom. The van der Waals surface area contributed by atoms with E-state index in [1.165, 1.54) is 0 Å². The van der Waals surface area contributed by atoms with Crippen LogP contribution < -0.4 is 10.1 Å². The number of hydrogen-bond acceptors (Lipinski definition) is 3. The van der Waals surface area contributed by atoms with E-state index in [1.807, 2.05) is 55.5 Å². The fourth-order valence-electron chi connectivity index (χ4n) is 3.16. The van der Waals surface area contributed by atoms with Crippen molar-refractivity contribution in [3.05, 3.63) is 59.7 Å². The molecule has 0 fully saturated rings. The Morgan fingerprint density at radius 1 is 1.04 bits per heavy atom. The van der Waals surface area contributed by atoms with Crippen LogP contribution in [0.15, 0.2) is 59.7 Å². The second kappa shape index (κ2) is 7.87. The molecule has 1 amide bonds. The monoisotopic (exact) mass is 351 g/mol. The molecule has 5 heteroatoms. The summed E-state index contributed by atoms with van der Waals surface area (Å²) in [6, 6.07) is 15.2. The van der Waals surface area contributed by atoms with Crippen LogP contribution in [0.25, 0.3) is 11.1 Å². The predicted octanol–water partition coefficient (Wildman–Crippen LogP) is 4.26. The molecular weight excluding hydrogens is 330 g/mol. The first-order valence-electron chi connectivity index (χ1n) is 8.69. The lowest BCUT2D eigenvalue weighted by Gasteiger charge is -2.11. The Hall–Kier alpha value is -3.08. The normalized spacial score (nSPS) is 13.6. The van der Waals surface area contributed by atoms with Crippen LogP contribution in [0.4, 0.5) is 5.69 Å². The summed E-state index contributed by atoms with van der Waals surface area (Å²) in [7, 11) is 0. The van der Waals surface area contributed by atoms with Crippen LogP contribution in [0.2, 0.25) is 0 Å². The minimum Gasteiger partial charge on any atom is -0.493 e. The summed E-state index contributed by atoms with van der Waals surface area (Å²) >= 11 is 0. The van der Waals surface area contributed by atoms with Crippen molar-refractivity contribution in [2.24, 2.45) is 0 Å². The van der Waals surface area contributed by atoms with Crippen LogP contribution in [-0.4, -0.2) is 23.6 Å². The Morgan fingerprint density at radius 3 is 2.42 bits per heavy atom. The lowest BCUT2D eigenvalue weighted by Crippen LogP contribution is -2.16. The average Bonchev–Trinajstić information content (AvgIpc) is 3.14. The van der Waals surface area contributed by atoms with E-state index < -0.39 is 5.97 Å². The van der Waals surface area contributed by atoms with E-state index in [9.17, 15) is 14.7 Å². The van der Waals surface area contributed by atoms with Gasteiger partial charge in [0.1, 0.15) is 5.75 Å². The highest BCUT2D eigenvalue weighted by Gasteiger charge is 2.25. The zero-order chi connectivity index (χ0) is 18.5. The molecule has 0 atom stereocenters. The number of rotatable bonds is 6. The minimum atomic E-state index is -1.00. The average molecular weight is 351 g/mol. The van der Waals surface area contributed by atoms with Gasteiger partial charge >= 0.3 is 5.97 Å². The van der Waals surface area contributed by atoms with Crippen LogP contribution in [0, 0.1) is 0 Å². The highest BCUT2D eigenvalue weighted by atomic mass is 16.5. The number of carbonyl (C=O) groups is 2. The fourth-order valence-corrected chi connectivity index (χ4v) is 3.16. The summed E-state index contributed by atoms with van der Waals surface area (Å²) < 4.78 is 5.66. The number of carbonyl (C=O) groups excluding carboxylic acids is 1. The fraction of sp³-hybridized carbons (Fsp3) is 0.238. The molecule has 26 heavy (non-hydrogen) atoms. The van der Waals surface area contributed by atoms with Crippen molar-refractivity contribution < 1.29 is 19.4 Å². The van der Waals surface area contributed by atoms with E-state index in [0.29, 0.717) is 37.1 Å². The van der Waals surface area contributed by atoms with E-state index in [4.69, 9.17) is 4.74 Å². The highest BCUT2D eigenvalue weighted by Crippen LogP contribution is 2.31. The molecule has 0 spiro atoms. The molecule has 1 aliphatic rings. The van der Waals surface area contributed by atoms with Crippen molar-refractivity contribution in [3.8, 4) is 16.9 Å². The van der Waals surface area contributed by atoms with Crippen molar-refractivity contribution in [1.29, 1.82) is 0 Å². The third-order valence-corrected chi connectivity index (χ3v) is 4.39. The first-order valence-corrected chi connectivity index (χ1v) is 8.69. The number of carboxylic acids is 1. The quantitative estimate of drug-likeness (QED) is 0.815. The third kappa shape index (κ3) is 3.77. The van der Waals surface area contributed by atoms with Crippen molar-refractivity contribution in [1.82, 2.24) is 0 Å². The summed E-state index contributed by atoms with van der Waals surface area (Å²) in [6.45, 7) is 2.53. The van der Waals surface area contributed by atoms with Gasteiger partial charge in [-0.3, -0.25) is 4.79 Å². The Labute approximate surface area is 152 Å². The molecule has 0 bridgehead atoms. The summed E-state index contributed by atoms with van der Waals surface area (Å²) in [6.07, 6.45) is 1.66.